The van der Waals surface area contributed by atoms with Crippen LogP contribution >= 0.6 is 0 Å². The van der Waals surface area contributed by atoms with Crippen LogP contribution in [-0.4, -0.2) is 19.1 Å². The first-order valence-corrected chi connectivity index (χ1v) is 5.67. The van der Waals surface area contributed by atoms with Crippen LogP contribution in [-0.2, 0) is 9.53 Å². The molecule has 0 bridgehead atoms. The molecule has 0 unspecified atom stereocenters. The third kappa shape index (κ3) is 4.32. The monoisotopic (exact) mass is 237 g/mol. The number of rotatable bonds is 6. The Kier molecular flexibility index (Phi) is 5.29. The number of hydrogen-bond donors (Lipinski definition) is 2. The molecule has 1 aromatic rings. The number of nitrogen functional groups attached to an aromatic ring is 1. The number of hydrogen-bond acceptors (Lipinski definition) is 5. The van der Waals surface area contributed by atoms with E-state index in [9.17, 15) is 4.79 Å². The van der Waals surface area contributed by atoms with Crippen molar-refractivity contribution in [1.82, 2.24) is 0 Å². The maximum atomic E-state index is 11.1. The Bertz CT molecular complexity index is 369. The number of hydrazine groups is 1. The van der Waals surface area contributed by atoms with Crippen molar-refractivity contribution in [2.75, 3.05) is 23.9 Å². The molecule has 94 valence electrons. The van der Waals surface area contributed by atoms with Crippen molar-refractivity contribution in [2.45, 2.75) is 19.8 Å². The van der Waals surface area contributed by atoms with Gasteiger partial charge in [-0.15, -0.1) is 0 Å². The molecule has 0 aliphatic heterocycles. The summed E-state index contributed by atoms with van der Waals surface area (Å²) < 4.78 is 4.83. The highest BCUT2D eigenvalue weighted by Gasteiger charge is 2.06. The first-order valence-electron chi connectivity index (χ1n) is 5.67. The van der Waals surface area contributed by atoms with Gasteiger partial charge in [0.15, 0.2) is 0 Å². The molecular formula is C12H19N3O2. The highest BCUT2D eigenvalue weighted by molar-refractivity contribution is 5.69. The summed E-state index contributed by atoms with van der Waals surface area (Å²) >= 11 is 0. The summed E-state index contributed by atoms with van der Waals surface area (Å²) in [6, 6.07) is 7.36. The van der Waals surface area contributed by atoms with Crippen LogP contribution in [0.2, 0.25) is 0 Å². The summed E-state index contributed by atoms with van der Waals surface area (Å²) in [5.41, 5.74) is 7.19. The average Bonchev–Trinajstić information content (AvgIpc) is 2.29. The molecule has 0 heterocycles. The number of nitrogens with zero attached hydrogens (tertiary/aromatic N) is 1. The van der Waals surface area contributed by atoms with E-state index in [-0.39, 0.29) is 5.97 Å². The summed E-state index contributed by atoms with van der Waals surface area (Å²) in [5.74, 6) is 5.66. The van der Waals surface area contributed by atoms with Gasteiger partial charge in [0.2, 0.25) is 0 Å². The fraction of sp³-hybridized carbons (Fsp3) is 0.417. The lowest BCUT2D eigenvalue weighted by molar-refractivity contribution is -0.143. The molecule has 0 saturated heterocycles. The highest BCUT2D eigenvalue weighted by atomic mass is 16.5. The largest absolute Gasteiger partial charge is 0.466 e. The van der Waals surface area contributed by atoms with Crippen LogP contribution in [0.4, 0.5) is 11.4 Å². The van der Waals surface area contributed by atoms with Gasteiger partial charge in [-0.3, -0.25) is 4.79 Å². The van der Waals surface area contributed by atoms with E-state index in [4.69, 9.17) is 16.3 Å². The maximum Gasteiger partial charge on any atom is 0.305 e. The van der Waals surface area contributed by atoms with Crippen LogP contribution in [0.25, 0.3) is 0 Å². The first kappa shape index (κ1) is 13.3. The second-order valence-corrected chi connectivity index (χ2v) is 3.66. The number of carbonyl (C=O) groups is 1. The van der Waals surface area contributed by atoms with E-state index in [1.807, 2.05) is 18.2 Å². The zero-order valence-corrected chi connectivity index (χ0v) is 10.1. The van der Waals surface area contributed by atoms with Crippen molar-refractivity contribution in [3.05, 3.63) is 24.3 Å². The Morgan fingerprint density at radius 3 is 2.76 bits per heavy atom. The molecule has 5 nitrogen and oxygen atoms in total. The smallest absolute Gasteiger partial charge is 0.305 e. The molecule has 17 heavy (non-hydrogen) atoms. The van der Waals surface area contributed by atoms with Gasteiger partial charge < -0.3 is 15.5 Å². The highest BCUT2D eigenvalue weighted by Crippen LogP contribution is 2.19. The zero-order valence-electron chi connectivity index (χ0n) is 10.1. The van der Waals surface area contributed by atoms with Gasteiger partial charge in [0.1, 0.15) is 0 Å². The van der Waals surface area contributed by atoms with Crippen molar-refractivity contribution >= 4 is 17.3 Å². The minimum atomic E-state index is -0.193. The molecular weight excluding hydrogens is 218 g/mol. The van der Waals surface area contributed by atoms with Crippen molar-refractivity contribution < 1.29 is 9.53 Å². The minimum absolute atomic E-state index is 0.193. The lowest BCUT2D eigenvalue weighted by Crippen LogP contribution is -2.32. The van der Waals surface area contributed by atoms with Gasteiger partial charge in [-0.25, -0.2) is 5.84 Å². The van der Waals surface area contributed by atoms with E-state index in [1.54, 1.807) is 18.0 Å². The third-order valence-corrected chi connectivity index (χ3v) is 2.33. The summed E-state index contributed by atoms with van der Waals surface area (Å²) in [7, 11) is 0. The Balaban J connectivity index is 2.38. The second kappa shape index (κ2) is 6.75. The summed E-state index contributed by atoms with van der Waals surface area (Å²) in [6.07, 6.45) is 1.01. The fourth-order valence-electron chi connectivity index (χ4n) is 1.50. The standard InChI is InChI=1S/C12H19N3O2/c1-2-17-12(16)8-5-9-15(14)11-7-4-3-6-10(11)13/h3-4,6-7H,2,5,8-9,13-14H2,1H3. The van der Waals surface area contributed by atoms with Crippen molar-refractivity contribution in [3.63, 3.8) is 0 Å². The van der Waals surface area contributed by atoms with Crippen LogP contribution in [0.1, 0.15) is 19.8 Å². The molecule has 1 aromatic carbocycles. The second-order valence-electron chi connectivity index (χ2n) is 3.66. The molecule has 0 aliphatic carbocycles. The van der Waals surface area contributed by atoms with Crippen LogP contribution < -0.4 is 16.6 Å². The van der Waals surface area contributed by atoms with Crippen molar-refractivity contribution in [2.24, 2.45) is 5.84 Å². The van der Waals surface area contributed by atoms with Gasteiger partial charge in [0.05, 0.1) is 18.0 Å². The molecule has 1 rings (SSSR count). The minimum Gasteiger partial charge on any atom is -0.466 e. The van der Waals surface area contributed by atoms with Gasteiger partial charge in [-0.1, -0.05) is 12.1 Å². The van der Waals surface area contributed by atoms with E-state index in [1.165, 1.54) is 0 Å². The summed E-state index contributed by atoms with van der Waals surface area (Å²) in [5, 5.41) is 1.55. The van der Waals surface area contributed by atoms with Gasteiger partial charge >= 0.3 is 5.97 Å². The first-order chi connectivity index (χ1) is 8.15. The van der Waals surface area contributed by atoms with Crippen LogP contribution in [0.15, 0.2) is 24.3 Å². The zero-order chi connectivity index (χ0) is 12.7. The molecule has 4 N–H and O–H groups in total. The Morgan fingerprint density at radius 2 is 2.12 bits per heavy atom. The normalized spacial score (nSPS) is 10.0. The molecule has 0 fully saturated rings. The lowest BCUT2D eigenvalue weighted by Gasteiger charge is -2.19. The van der Waals surface area contributed by atoms with Gasteiger partial charge in [0.25, 0.3) is 0 Å². The molecule has 0 spiro atoms. The maximum absolute atomic E-state index is 11.1. The van der Waals surface area contributed by atoms with Crippen molar-refractivity contribution in [1.29, 1.82) is 0 Å². The number of benzene rings is 1. The van der Waals surface area contributed by atoms with Crippen LogP contribution in [0, 0.1) is 0 Å². The Morgan fingerprint density at radius 1 is 1.41 bits per heavy atom. The quantitative estimate of drug-likeness (QED) is 0.337. The molecule has 0 atom stereocenters. The number of para-hydroxylation sites is 2. The Labute approximate surface area is 101 Å². The number of ether oxygens (including phenoxy) is 1. The predicted molar refractivity (Wildman–Crippen MR) is 68.3 cm³/mol. The van der Waals surface area contributed by atoms with Crippen LogP contribution in [0.5, 0.6) is 0 Å². The molecule has 0 aliphatic rings. The predicted octanol–water partition coefficient (Wildman–Crippen LogP) is 1.29. The summed E-state index contributed by atoms with van der Waals surface area (Å²) in [6.45, 7) is 2.77. The molecule has 0 saturated carbocycles. The van der Waals surface area contributed by atoms with E-state index in [0.717, 1.165) is 5.69 Å². The van der Waals surface area contributed by atoms with Crippen molar-refractivity contribution in [3.8, 4) is 0 Å². The van der Waals surface area contributed by atoms with E-state index < -0.39 is 0 Å². The molecule has 0 radical (unpaired) electrons. The molecule has 0 amide bonds. The lowest BCUT2D eigenvalue weighted by atomic mass is 10.2. The fourth-order valence-corrected chi connectivity index (χ4v) is 1.50. The van der Waals surface area contributed by atoms with Gasteiger partial charge in [0, 0.05) is 13.0 Å². The molecule has 0 aromatic heterocycles. The van der Waals surface area contributed by atoms with Gasteiger partial charge in [-0.05, 0) is 25.5 Å². The Hall–Kier alpha value is -1.75. The van der Waals surface area contributed by atoms with E-state index in [2.05, 4.69) is 0 Å². The number of anilines is 2. The van der Waals surface area contributed by atoms with Gasteiger partial charge in [-0.2, -0.15) is 0 Å². The van der Waals surface area contributed by atoms with E-state index >= 15 is 0 Å². The van der Waals surface area contributed by atoms with Crippen LogP contribution in [0.3, 0.4) is 0 Å². The third-order valence-electron chi connectivity index (χ3n) is 2.33. The molecule has 5 heteroatoms. The van der Waals surface area contributed by atoms with E-state index in [0.29, 0.717) is 31.7 Å². The number of esters is 1. The number of nitrogens with two attached hydrogens (primary N) is 2. The average molecular weight is 237 g/mol. The topological polar surface area (TPSA) is 81.6 Å². The SMILES string of the molecule is CCOC(=O)CCCN(N)c1ccccc1N. The summed E-state index contributed by atoms with van der Waals surface area (Å²) in [4.78, 5) is 11.1. The number of carbonyl (C=O) groups excluding carboxylic acids is 1.